The van der Waals surface area contributed by atoms with Gasteiger partial charge in [0.05, 0.1) is 12.7 Å². The van der Waals surface area contributed by atoms with E-state index in [1.54, 1.807) is 6.08 Å². The highest BCUT2D eigenvalue weighted by atomic mass is 16.5. The lowest BCUT2D eigenvalue weighted by atomic mass is 10.0. The molecule has 0 N–H and O–H groups in total. The molecule has 0 aromatic heterocycles. The maximum atomic E-state index is 11.6. The summed E-state index contributed by atoms with van der Waals surface area (Å²) < 4.78 is 10.2. The van der Waals surface area contributed by atoms with Gasteiger partial charge in [-0.1, -0.05) is 18.7 Å². The first-order chi connectivity index (χ1) is 7.61. The molecule has 1 rings (SSSR count). The van der Waals surface area contributed by atoms with Crippen LogP contribution in [0, 0.1) is 13.8 Å². The Balaban J connectivity index is 3.15. The summed E-state index contributed by atoms with van der Waals surface area (Å²) in [4.78, 5) is 11.6. The molecule has 0 bridgehead atoms. The predicted octanol–water partition coefficient (Wildman–Crippen LogP) is 2.65. The minimum Gasteiger partial charge on any atom is -0.489 e. The summed E-state index contributed by atoms with van der Waals surface area (Å²) >= 11 is 0. The number of aryl methyl sites for hydroxylation is 1. The zero-order chi connectivity index (χ0) is 12.1. The summed E-state index contributed by atoms with van der Waals surface area (Å²) in [5.41, 5.74) is 2.26. The third-order valence-corrected chi connectivity index (χ3v) is 2.37. The van der Waals surface area contributed by atoms with Gasteiger partial charge in [-0.25, -0.2) is 4.79 Å². The molecule has 0 radical (unpaired) electrons. The summed E-state index contributed by atoms with van der Waals surface area (Å²) in [6, 6.07) is 3.69. The molecular weight excluding hydrogens is 204 g/mol. The van der Waals surface area contributed by atoms with Crippen LogP contribution in [0.3, 0.4) is 0 Å². The van der Waals surface area contributed by atoms with Crippen molar-refractivity contribution in [3.05, 3.63) is 41.5 Å². The van der Waals surface area contributed by atoms with Gasteiger partial charge in [0.15, 0.2) is 0 Å². The highest BCUT2D eigenvalue weighted by Gasteiger charge is 2.15. The van der Waals surface area contributed by atoms with E-state index in [9.17, 15) is 4.79 Å². The lowest BCUT2D eigenvalue weighted by Gasteiger charge is -2.12. The van der Waals surface area contributed by atoms with Crippen molar-refractivity contribution in [2.24, 2.45) is 0 Å². The fourth-order valence-corrected chi connectivity index (χ4v) is 1.55. The largest absolute Gasteiger partial charge is 0.489 e. The molecule has 0 aliphatic carbocycles. The molecule has 1 aromatic rings. The molecule has 16 heavy (non-hydrogen) atoms. The van der Waals surface area contributed by atoms with Crippen LogP contribution in [-0.4, -0.2) is 19.7 Å². The van der Waals surface area contributed by atoms with E-state index in [0.29, 0.717) is 17.9 Å². The van der Waals surface area contributed by atoms with Crippen LogP contribution in [0.1, 0.15) is 21.5 Å². The lowest BCUT2D eigenvalue weighted by molar-refractivity contribution is 0.0598. The standard InChI is InChI=1S/C13H16O3/c1-5-8-16-11-7-6-9(2)12(10(11)3)13(14)15-4/h5-7H,1,8H2,2-4H3. The topological polar surface area (TPSA) is 35.5 Å². The van der Waals surface area contributed by atoms with Crippen molar-refractivity contribution in [1.82, 2.24) is 0 Å². The van der Waals surface area contributed by atoms with Crippen LogP contribution in [0.15, 0.2) is 24.8 Å². The number of rotatable bonds is 4. The van der Waals surface area contributed by atoms with E-state index in [1.165, 1.54) is 7.11 Å². The van der Waals surface area contributed by atoms with Gasteiger partial charge in [-0.3, -0.25) is 0 Å². The molecular formula is C13H16O3. The molecule has 86 valence electrons. The van der Waals surface area contributed by atoms with Gasteiger partial charge in [0.2, 0.25) is 0 Å². The average Bonchev–Trinajstić information content (AvgIpc) is 2.28. The number of hydrogen-bond donors (Lipinski definition) is 0. The Kier molecular flexibility index (Phi) is 4.11. The number of methoxy groups -OCH3 is 1. The molecule has 0 saturated heterocycles. The normalized spacial score (nSPS) is 9.69. The highest BCUT2D eigenvalue weighted by molar-refractivity contribution is 5.93. The molecule has 0 fully saturated rings. The van der Waals surface area contributed by atoms with Gasteiger partial charge in [0, 0.05) is 5.56 Å². The minimum atomic E-state index is -0.334. The first-order valence-electron chi connectivity index (χ1n) is 5.04. The molecule has 0 atom stereocenters. The molecule has 0 aliphatic rings. The number of carbonyl (C=O) groups is 1. The Morgan fingerprint density at radius 1 is 1.44 bits per heavy atom. The average molecular weight is 220 g/mol. The van der Waals surface area contributed by atoms with Crippen LogP contribution in [0.4, 0.5) is 0 Å². The molecule has 0 spiro atoms. The SMILES string of the molecule is C=CCOc1ccc(C)c(C(=O)OC)c1C. The van der Waals surface area contributed by atoms with Crippen LogP contribution >= 0.6 is 0 Å². The van der Waals surface area contributed by atoms with Crippen molar-refractivity contribution in [3.8, 4) is 5.75 Å². The predicted molar refractivity (Wildman–Crippen MR) is 62.9 cm³/mol. The van der Waals surface area contributed by atoms with Gasteiger partial charge in [-0.15, -0.1) is 0 Å². The fourth-order valence-electron chi connectivity index (χ4n) is 1.55. The Bertz CT molecular complexity index is 408. The van der Waals surface area contributed by atoms with Crippen LogP contribution < -0.4 is 4.74 Å². The number of hydrogen-bond acceptors (Lipinski definition) is 3. The minimum absolute atomic E-state index is 0.334. The van der Waals surface area contributed by atoms with Gasteiger partial charge < -0.3 is 9.47 Å². The fraction of sp³-hybridized carbons (Fsp3) is 0.308. The molecule has 3 nitrogen and oxygen atoms in total. The number of benzene rings is 1. The van der Waals surface area contributed by atoms with Crippen molar-refractivity contribution in [1.29, 1.82) is 0 Å². The summed E-state index contributed by atoms with van der Waals surface area (Å²) in [6.45, 7) is 7.72. The van der Waals surface area contributed by atoms with Gasteiger partial charge in [-0.2, -0.15) is 0 Å². The Labute approximate surface area is 95.7 Å². The van der Waals surface area contributed by atoms with Gasteiger partial charge >= 0.3 is 5.97 Å². The third-order valence-electron chi connectivity index (χ3n) is 2.37. The second kappa shape index (κ2) is 5.35. The van der Waals surface area contributed by atoms with Crippen LogP contribution in [0.5, 0.6) is 5.75 Å². The van der Waals surface area contributed by atoms with Gasteiger partial charge in [0.1, 0.15) is 12.4 Å². The van der Waals surface area contributed by atoms with Gasteiger partial charge in [0.25, 0.3) is 0 Å². The van der Waals surface area contributed by atoms with Crippen LogP contribution in [-0.2, 0) is 4.74 Å². The molecule has 0 heterocycles. The Morgan fingerprint density at radius 3 is 2.69 bits per heavy atom. The molecule has 3 heteroatoms. The quantitative estimate of drug-likeness (QED) is 0.578. The van der Waals surface area contributed by atoms with E-state index in [-0.39, 0.29) is 5.97 Å². The zero-order valence-electron chi connectivity index (χ0n) is 9.87. The summed E-state index contributed by atoms with van der Waals surface area (Å²) in [5, 5.41) is 0. The van der Waals surface area contributed by atoms with Crippen molar-refractivity contribution in [2.75, 3.05) is 13.7 Å². The zero-order valence-corrected chi connectivity index (χ0v) is 9.87. The number of esters is 1. The van der Waals surface area contributed by atoms with E-state index >= 15 is 0 Å². The van der Waals surface area contributed by atoms with Crippen molar-refractivity contribution in [3.63, 3.8) is 0 Å². The molecule has 0 saturated carbocycles. The Hall–Kier alpha value is -1.77. The molecule has 0 amide bonds. The lowest BCUT2D eigenvalue weighted by Crippen LogP contribution is -2.08. The molecule has 1 aromatic carbocycles. The number of carbonyl (C=O) groups excluding carboxylic acids is 1. The van der Waals surface area contributed by atoms with E-state index < -0.39 is 0 Å². The van der Waals surface area contributed by atoms with E-state index in [0.717, 1.165) is 11.1 Å². The van der Waals surface area contributed by atoms with E-state index in [2.05, 4.69) is 6.58 Å². The summed E-state index contributed by atoms with van der Waals surface area (Å²) in [6.07, 6.45) is 1.66. The first kappa shape index (κ1) is 12.3. The Morgan fingerprint density at radius 2 is 2.12 bits per heavy atom. The summed E-state index contributed by atoms with van der Waals surface area (Å²) in [5.74, 6) is 0.352. The van der Waals surface area contributed by atoms with Crippen molar-refractivity contribution >= 4 is 5.97 Å². The second-order valence-corrected chi connectivity index (χ2v) is 3.47. The number of ether oxygens (including phenoxy) is 2. The van der Waals surface area contributed by atoms with Crippen molar-refractivity contribution in [2.45, 2.75) is 13.8 Å². The second-order valence-electron chi connectivity index (χ2n) is 3.47. The monoisotopic (exact) mass is 220 g/mol. The van der Waals surface area contributed by atoms with E-state index in [1.807, 2.05) is 26.0 Å². The smallest absolute Gasteiger partial charge is 0.338 e. The molecule has 0 unspecified atom stereocenters. The van der Waals surface area contributed by atoms with E-state index in [4.69, 9.17) is 9.47 Å². The van der Waals surface area contributed by atoms with Crippen LogP contribution in [0.2, 0.25) is 0 Å². The van der Waals surface area contributed by atoms with Crippen LogP contribution in [0.25, 0.3) is 0 Å². The first-order valence-corrected chi connectivity index (χ1v) is 5.04. The summed E-state index contributed by atoms with van der Waals surface area (Å²) in [7, 11) is 1.37. The maximum absolute atomic E-state index is 11.6. The molecule has 0 aliphatic heterocycles. The van der Waals surface area contributed by atoms with Gasteiger partial charge in [-0.05, 0) is 25.5 Å². The van der Waals surface area contributed by atoms with Crippen molar-refractivity contribution < 1.29 is 14.3 Å². The highest BCUT2D eigenvalue weighted by Crippen LogP contribution is 2.25. The third kappa shape index (κ3) is 2.42. The maximum Gasteiger partial charge on any atom is 0.338 e.